The van der Waals surface area contributed by atoms with Crippen molar-refractivity contribution >= 4 is 35.2 Å². The SMILES string of the molecule is Cc1ccccc1C(=O)OC(=S)S. The van der Waals surface area contributed by atoms with Gasteiger partial charge in [-0.2, -0.15) is 0 Å². The lowest BCUT2D eigenvalue weighted by atomic mass is 10.1. The molecule has 0 saturated heterocycles. The minimum Gasteiger partial charge on any atom is -0.405 e. The number of esters is 1. The van der Waals surface area contributed by atoms with Crippen molar-refractivity contribution in [2.45, 2.75) is 6.92 Å². The Morgan fingerprint density at radius 2 is 2.08 bits per heavy atom. The molecule has 2 nitrogen and oxygen atoms in total. The van der Waals surface area contributed by atoms with E-state index >= 15 is 0 Å². The summed E-state index contributed by atoms with van der Waals surface area (Å²) in [7, 11) is 0. The van der Waals surface area contributed by atoms with Crippen LogP contribution >= 0.6 is 24.8 Å². The molecule has 0 spiro atoms. The fourth-order valence-corrected chi connectivity index (χ4v) is 1.09. The summed E-state index contributed by atoms with van der Waals surface area (Å²) in [6.07, 6.45) is 0. The molecule has 0 amide bonds. The standard InChI is InChI=1S/C9H8O2S2/c1-6-4-2-3-5-7(6)8(10)11-9(12)13/h2-5H,1H3,(H,12,13). The molecule has 0 N–H and O–H groups in total. The highest BCUT2D eigenvalue weighted by Gasteiger charge is 2.10. The monoisotopic (exact) mass is 212 g/mol. The predicted octanol–water partition coefficient (Wildman–Crippen LogP) is 2.37. The summed E-state index contributed by atoms with van der Waals surface area (Å²) in [6.45, 7) is 1.83. The van der Waals surface area contributed by atoms with Crippen molar-refractivity contribution in [3.8, 4) is 0 Å². The van der Waals surface area contributed by atoms with E-state index in [9.17, 15) is 4.79 Å². The number of aryl methyl sites for hydroxylation is 1. The second-order valence-corrected chi connectivity index (χ2v) is 3.55. The third-order valence-electron chi connectivity index (χ3n) is 1.54. The van der Waals surface area contributed by atoms with Crippen LogP contribution in [0, 0.1) is 6.92 Å². The highest BCUT2D eigenvalue weighted by atomic mass is 32.1. The van der Waals surface area contributed by atoms with Crippen molar-refractivity contribution in [3.63, 3.8) is 0 Å². The number of carbonyl (C=O) groups excluding carboxylic acids is 1. The molecule has 0 unspecified atom stereocenters. The van der Waals surface area contributed by atoms with Crippen LogP contribution in [0.4, 0.5) is 0 Å². The average Bonchev–Trinajstić information content (AvgIpc) is 2.03. The van der Waals surface area contributed by atoms with Gasteiger partial charge in [0.05, 0.1) is 5.56 Å². The van der Waals surface area contributed by atoms with Crippen LogP contribution < -0.4 is 0 Å². The molecule has 0 aromatic heterocycles. The van der Waals surface area contributed by atoms with E-state index in [1.165, 1.54) is 0 Å². The lowest BCUT2D eigenvalue weighted by Crippen LogP contribution is -2.07. The molecule has 0 aliphatic carbocycles. The highest BCUT2D eigenvalue weighted by Crippen LogP contribution is 2.09. The zero-order valence-corrected chi connectivity index (χ0v) is 8.69. The third kappa shape index (κ3) is 2.82. The minimum absolute atomic E-state index is 0.0618. The number of rotatable bonds is 1. The van der Waals surface area contributed by atoms with E-state index in [4.69, 9.17) is 0 Å². The molecule has 0 atom stereocenters. The van der Waals surface area contributed by atoms with Gasteiger partial charge in [0.1, 0.15) is 0 Å². The smallest absolute Gasteiger partial charge is 0.344 e. The number of hydrogen-bond donors (Lipinski definition) is 1. The van der Waals surface area contributed by atoms with Crippen LogP contribution in [0.5, 0.6) is 0 Å². The van der Waals surface area contributed by atoms with Crippen molar-refractivity contribution in [3.05, 3.63) is 35.4 Å². The summed E-state index contributed by atoms with van der Waals surface area (Å²) in [5, 5.41) is 0. The number of carbonyl (C=O) groups is 1. The predicted molar refractivity (Wildman–Crippen MR) is 58.2 cm³/mol. The van der Waals surface area contributed by atoms with Gasteiger partial charge >= 0.3 is 5.97 Å². The maximum atomic E-state index is 11.3. The Kier molecular flexibility index (Phi) is 3.45. The van der Waals surface area contributed by atoms with Gasteiger partial charge in [-0.25, -0.2) is 4.79 Å². The lowest BCUT2D eigenvalue weighted by molar-refractivity contribution is 0.0728. The first-order valence-electron chi connectivity index (χ1n) is 3.62. The molecule has 68 valence electrons. The first-order chi connectivity index (χ1) is 6.11. The maximum Gasteiger partial charge on any atom is 0.344 e. The van der Waals surface area contributed by atoms with E-state index in [0.717, 1.165) is 5.56 Å². The second-order valence-electron chi connectivity index (χ2n) is 2.47. The molecule has 13 heavy (non-hydrogen) atoms. The second kappa shape index (κ2) is 4.39. The van der Waals surface area contributed by atoms with E-state index < -0.39 is 5.97 Å². The molecular weight excluding hydrogens is 204 g/mol. The van der Waals surface area contributed by atoms with Crippen molar-refractivity contribution in [2.75, 3.05) is 0 Å². The zero-order chi connectivity index (χ0) is 9.84. The van der Waals surface area contributed by atoms with E-state index in [1.54, 1.807) is 12.1 Å². The Morgan fingerprint density at radius 3 is 2.62 bits per heavy atom. The van der Waals surface area contributed by atoms with E-state index in [-0.39, 0.29) is 4.38 Å². The Labute approximate surface area is 87.3 Å². The first-order valence-corrected chi connectivity index (χ1v) is 4.47. The lowest BCUT2D eigenvalue weighted by Gasteiger charge is -2.03. The van der Waals surface area contributed by atoms with Crippen LogP contribution in [-0.2, 0) is 4.74 Å². The molecular formula is C9H8O2S2. The van der Waals surface area contributed by atoms with Gasteiger partial charge in [0.15, 0.2) is 0 Å². The maximum absolute atomic E-state index is 11.3. The van der Waals surface area contributed by atoms with Crippen molar-refractivity contribution in [1.29, 1.82) is 0 Å². The van der Waals surface area contributed by atoms with Crippen LogP contribution in [-0.4, -0.2) is 10.4 Å². The van der Waals surface area contributed by atoms with Gasteiger partial charge in [0.25, 0.3) is 0 Å². The quantitative estimate of drug-likeness (QED) is 0.440. The highest BCUT2D eigenvalue weighted by molar-refractivity contribution is 8.10. The minimum atomic E-state index is -0.460. The summed E-state index contributed by atoms with van der Waals surface area (Å²) in [5.41, 5.74) is 1.37. The number of thiocarbonyl (C=S) groups is 1. The zero-order valence-electron chi connectivity index (χ0n) is 6.98. The summed E-state index contributed by atoms with van der Waals surface area (Å²) in [4.78, 5) is 11.3. The number of benzene rings is 1. The first kappa shape index (κ1) is 10.2. The largest absolute Gasteiger partial charge is 0.405 e. The van der Waals surface area contributed by atoms with Gasteiger partial charge in [-0.15, -0.1) is 0 Å². The Balaban J connectivity index is 2.89. The molecule has 0 heterocycles. The summed E-state index contributed by atoms with van der Waals surface area (Å²) < 4.78 is 4.61. The Bertz CT molecular complexity index is 347. The topological polar surface area (TPSA) is 26.3 Å². The molecule has 0 aliphatic rings. The molecule has 0 radical (unpaired) electrons. The van der Waals surface area contributed by atoms with Crippen molar-refractivity contribution < 1.29 is 9.53 Å². The molecule has 1 aromatic rings. The number of ether oxygens (including phenoxy) is 1. The van der Waals surface area contributed by atoms with E-state index in [0.29, 0.717) is 5.56 Å². The van der Waals surface area contributed by atoms with Gasteiger partial charge in [-0.3, -0.25) is 0 Å². The van der Waals surface area contributed by atoms with Gasteiger partial charge in [-0.05, 0) is 30.8 Å². The van der Waals surface area contributed by atoms with Crippen LogP contribution in [0.2, 0.25) is 0 Å². The summed E-state index contributed by atoms with van der Waals surface area (Å²) in [5.74, 6) is -0.460. The average molecular weight is 212 g/mol. The van der Waals surface area contributed by atoms with Gasteiger partial charge in [-0.1, -0.05) is 30.8 Å². The normalized spacial score (nSPS) is 9.38. The Morgan fingerprint density at radius 1 is 1.46 bits per heavy atom. The molecule has 1 rings (SSSR count). The fraction of sp³-hybridized carbons (Fsp3) is 0.111. The van der Waals surface area contributed by atoms with Crippen LogP contribution in [0.1, 0.15) is 15.9 Å². The fourth-order valence-electron chi connectivity index (χ4n) is 0.936. The number of thiol groups is 1. The molecule has 0 fully saturated rings. The molecule has 0 bridgehead atoms. The molecule has 0 aliphatic heterocycles. The van der Waals surface area contributed by atoms with Crippen molar-refractivity contribution in [1.82, 2.24) is 0 Å². The van der Waals surface area contributed by atoms with Crippen LogP contribution in [0.15, 0.2) is 24.3 Å². The van der Waals surface area contributed by atoms with Crippen molar-refractivity contribution in [2.24, 2.45) is 0 Å². The molecule has 1 aromatic carbocycles. The van der Waals surface area contributed by atoms with Crippen LogP contribution in [0.3, 0.4) is 0 Å². The van der Waals surface area contributed by atoms with E-state index in [2.05, 4.69) is 29.6 Å². The Hall–Kier alpha value is -0.870. The summed E-state index contributed by atoms with van der Waals surface area (Å²) in [6, 6.07) is 7.14. The van der Waals surface area contributed by atoms with Gasteiger partial charge < -0.3 is 4.74 Å². The third-order valence-corrected chi connectivity index (χ3v) is 1.72. The van der Waals surface area contributed by atoms with Gasteiger partial charge in [0, 0.05) is 0 Å². The molecule has 0 saturated carbocycles. The van der Waals surface area contributed by atoms with E-state index in [1.807, 2.05) is 19.1 Å². The summed E-state index contributed by atoms with van der Waals surface area (Å²) >= 11 is 8.25. The number of hydrogen-bond acceptors (Lipinski definition) is 3. The van der Waals surface area contributed by atoms with Crippen LogP contribution in [0.25, 0.3) is 0 Å². The molecule has 4 heteroatoms. The van der Waals surface area contributed by atoms with Gasteiger partial charge in [0.2, 0.25) is 4.38 Å².